The zero-order chi connectivity index (χ0) is 37.2. The zero-order valence-corrected chi connectivity index (χ0v) is 29.5. The molecule has 3 fully saturated rings. The minimum atomic E-state index is -5.11. The van der Waals surface area contributed by atoms with Crippen molar-refractivity contribution in [3.05, 3.63) is 25.3 Å². The van der Waals surface area contributed by atoms with Crippen molar-refractivity contribution < 1.29 is 59.7 Å². The number of hydrogen-bond acceptors (Lipinski definition) is 18. The Kier molecular flexibility index (Phi) is 9.54. The van der Waals surface area contributed by atoms with Crippen LogP contribution in [0.25, 0.3) is 22.3 Å². The molecular formula is C27H34F2N10O11P2. The summed E-state index contributed by atoms with van der Waals surface area (Å²) < 4.78 is 101. The number of halogens is 2. The number of aromatic nitrogens is 8. The molecule has 0 radical (unpaired) electrons. The topological polar surface area (TPSA) is 275 Å². The predicted octanol–water partition coefficient (Wildman–Crippen LogP) is 2.55. The van der Waals surface area contributed by atoms with Gasteiger partial charge < -0.3 is 30.4 Å². The van der Waals surface area contributed by atoms with Crippen molar-refractivity contribution in [3.63, 3.8) is 0 Å². The molecule has 4 aromatic heterocycles. The first-order chi connectivity index (χ1) is 24.6. The third-order valence-electron chi connectivity index (χ3n) is 8.73. The molecule has 1 aliphatic carbocycles. The summed E-state index contributed by atoms with van der Waals surface area (Å²) in [5.74, 6) is -1.82. The minimum absolute atomic E-state index is 0.00437. The summed E-state index contributed by atoms with van der Waals surface area (Å²) in [6.07, 6.45) is -6.39. The Morgan fingerprint density at radius 3 is 2.21 bits per heavy atom. The fourth-order valence-electron chi connectivity index (χ4n) is 6.12. The molecule has 52 heavy (non-hydrogen) atoms. The number of hydrogen-bond donors (Lipinski definition) is 3. The van der Waals surface area contributed by atoms with E-state index in [9.17, 15) is 18.8 Å². The lowest BCUT2D eigenvalue weighted by molar-refractivity contribution is -0.161. The second kappa shape index (κ2) is 13.6. The van der Waals surface area contributed by atoms with Crippen LogP contribution in [-0.4, -0.2) is 101 Å². The molecule has 5 N–H and O–H groups in total. The van der Waals surface area contributed by atoms with Crippen LogP contribution < -0.4 is 11.5 Å². The number of fused-ring (bicyclic) bond motifs is 4. The lowest BCUT2D eigenvalue weighted by Crippen LogP contribution is -2.36. The highest BCUT2D eigenvalue weighted by atomic mass is 31.2. The van der Waals surface area contributed by atoms with Gasteiger partial charge in [-0.3, -0.25) is 27.5 Å². The van der Waals surface area contributed by atoms with Gasteiger partial charge in [0.05, 0.1) is 37.3 Å². The van der Waals surface area contributed by atoms with Crippen LogP contribution >= 0.6 is 15.6 Å². The van der Waals surface area contributed by atoms with Gasteiger partial charge in [-0.2, -0.15) is 0 Å². The second-order valence-electron chi connectivity index (χ2n) is 13.3. The lowest BCUT2D eigenvalue weighted by Gasteiger charge is -2.29. The molecule has 3 unspecified atom stereocenters. The molecular weight excluding hydrogens is 740 g/mol. The van der Waals surface area contributed by atoms with Crippen LogP contribution in [0.5, 0.6) is 0 Å². The van der Waals surface area contributed by atoms with Crippen molar-refractivity contribution in [1.29, 1.82) is 0 Å². The van der Waals surface area contributed by atoms with E-state index in [4.69, 9.17) is 43.6 Å². The van der Waals surface area contributed by atoms with Gasteiger partial charge in [-0.1, -0.05) is 0 Å². The summed E-state index contributed by atoms with van der Waals surface area (Å²) in [6.45, 7) is 2.19. The van der Waals surface area contributed by atoms with Crippen molar-refractivity contribution in [1.82, 2.24) is 39.0 Å². The number of anilines is 2. The Bertz CT molecular complexity index is 2080. The number of phosphoric ester groups is 2. The fourth-order valence-corrected chi connectivity index (χ4v) is 8.42. The van der Waals surface area contributed by atoms with Crippen molar-refractivity contribution in [2.75, 3.05) is 31.5 Å². The maximum atomic E-state index is 16.4. The third kappa shape index (κ3) is 6.88. The van der Waals surface area contributed by atoms with Gasteiger partial charge in [-0.05, 0) is 27.2 Å². The molecule has 21 nitrogen and oxygen atoms in total. The number of nitrogens with two attached hydrogens (primary N) is 2. The third-order valence-corrected chi connectivity index (χ3v) is 11.1. The molecule has 0 aromatic carbocycles. The number of rotatable bonds is 5. The first-order valence-corrected chi connectivity index (χ1v) is 18.7. The van der Waals surface area contributed by atoms with E-state index in [0.29, 0.717) is 0 Å². The van der Waals surface area contributed by atoms with Crippen LogP contribution in [0.1, 0.15) is 39.5 Å². The molecule has 2 aliphatic heterocycles. The van der Waals surface area contributed by atoms with Crippen molar-refractivity contribution in [2.45, 2.75) is 70.1 Å². The molecule has 25 heteroatoms. The van der Waals surface area contributed by atoms with Crippen LogP contribution in [0.3, 0.4) is 0 Å². The predicted molar refractivity (Wildman–Crippen MR) is 171 cm³/mol. The van der Waals surface area contributed by atoms with E-state index in [2.05, 4.69) is 29.9 Å². The van der Waals surface area contributed by atoms with Gasteiger partial charge >= 0.3 is 21.6 Å². The fraction of sp³-hybridized carbons (Fsp3) is 0.593. The van der Waals surface area contributed by atoms with Crippen LogP contribution in [-0.2, 0) is 46.0 Å². The van der Waals surface area contributed by atoms with E-state index in [0.717, 1.165) is 17.2 Å². The van der Waals surface area contributed by atoms with Gasteiger partial charge in [0, 0.05) is 5.92 Å². The summed E-state index contributed by atoms with van der Waals surface area (Å²) in [5, 5.41) is 0. The summed E-state index contributed by atoms with van der Waals surface area (Å²) >= 11 is 0. The normalized spacial score (nSPS) is 34.4. The second-order valence-corrected chi connectivity index (χ2v) is 16.3. The molecule has 3 aliphatic rings. The number of esters is 1. The molecule has 6 heterocycles. The van der Waals surface area contributed by atoms with E-state index >= 15 is 8.78 Å². The molecule has 4 aromatic rings. The van der Waals surface area contributed by atoms with Gasteiger partial charge in [0.2, 0.25) is 6.79 Å². The highest BCUT2D eigenvalue weighted by Gasteiger charge is 2.55. The molecule has 0 spiro atoms. The van der Waals surface area contributed by atoms with Crippen LogP contribution in [0.2, 0.25) is 0 Å². The summed E-state index contributed by atoms with van der Waals surface area (Å²) in [4.78, 5) is 47.4. The van der Waals surface area contributed by atoms with Gasteiger partial charge in [0.1, 0.15) is 48.2 Å². The highest BCUT2D eigenvalue weighted by Crippen LogP contribution is 2.58. The van der Waals surface area contributed by atoms with Crippen LogP contribution in [0.4, 0.5) is 20.4 Å². The molecule has 282 valence electrons. The average Bonchev–Trinajstić information content (AvgIpc) is 3.84. The number of ether oxygens (including phenoxy) is 2. The maximum Gasteiger partial charge on any atom is 0.478 e. The molecule has 0 bridgehead atoms. The summed E-state index contributed by atoms with van der Waals surface area (Å²) in [5.41, 5.74) is 11.3. The first kappa shape index (κ1) is 36.6. The standard InChI is InChI=1S/C27H34F2N10O11P2/c1-27(2,3)26(40)44-11-47-52(43)46-5-12-4-13(38-9-36-17-21(30)32-7-34-23(17)38)15(28)19(12)49-51(41,42)45-6-14-20(50-52)16(29)25(48-14)39-10-37-18-22(31)33-8-35-24(18)39/h7-10,12-16,19-20,25H,4-6,11H2,1-3H3,(H,41,42)(H2,30,32,34)(H2,31,33,35)/t12-,13-,14-,15-,16+,19?,20+,25-,52?/m1/s1. The first-order valence-electron chi connectivity index (χ1n) is 15.8. The van der Waals surface area contributed by atoms with Crippen molar-refractivity contribution in [3.8, 4) is 0 Å². The molecule has 0 amide bonds. The molecule has 7 rings (SSSR count). The molecule has 2 saturated heterocycles. The monoisotopic (exact) mass is 774 g/mol. The van der Waals surface area contributed by atoms with E-state index in [1.165, 1.54) is 17.2 Å². The number of imidazole rings is 2. The molecule has 1 saturated carbocycles. The Labute approximate surface area is 292 Å². The Balaban J connectivity index is 1.20. The van der Waals surface area contributed by atoms with Crippen molar-refractivity contribution in [2.24, 2.45) is 11.3 Å². The lowest BCUT2D eigenvalue weighted by atomic mass is 9.98. The van der Waals surface area contributed by atoms with Crippen LogP contribution in [0, 0.1) is 11.3 Å². The Morgan fingerprint density at radius 1 is 0.923 bits per heavy atom. The number of carbonyl (C=O) groups is 1. The quantitative estimate of drug-likeness (QED) is 0.149. The largest absolute Gasteiger partial charge is 0.478 e. The SMILES string of the molecule is CC(C)(C)C(=O)OCOP1(=O)OC[C@H]2C[C@@H](n3cnc4c(N)ncnc43)[C@@H](F)C2OP(=O)(O)OC[C@H]2O[C@@H](n3cnc4c(N)ncnc43)[C@@H](F)[C@H]2O1. The van der Waals surface area contributed by atoms with E-state index in [-0.39, 0.29) is 40.4 Å². The number of nitrogens with zero attached hydrogens (tertiary/aromatic N) is 8. The molecule has 10 atom stereocenters. The van der Waals surface area contributed by atoms with Gasteiger partial charge in [-0.25, -0.2) is 52.3 Å². The summed E-state index contributed by atoms with van der Waals surface area (Å²) in [7, 11) is -10.1. The summed E-state index contributed by atoms with van der Waals surface area (Å²) in [6, 6.07) is -1.11. The van der Waals surface area contributed by atoms with Gasteiger partial charge in [-0.15, -0.1) is 0 Å². The van der Waals surface area contributed by atoms with Crippen LogP contribution in [0.15, 0.2) is 25.3 Å². The van der Waals surface area contributed by atoms with Gasteiger partial charge in [0.15, 0.2) is 35.3 Å². The van der Waals surface area contributed by atoms with E-state index < -0.39 is 95.9 Å². The minimum Gasteiger partial charge on any atom is -0.437 e. The van der Waals surface area contributed by atoms with E-state index in [1.807, 2.05) is 0 Å². The highest BCUT2D eigenvalue weighted by molar-refractivity contribution is 7.48. The Hall–Kier alpha value is -3.79. The van der Waals surface area contributed by atoms with Crippen molar-refractivity contribution >= 4 is 55.6 Å². The number of nitrogen functional groups attached to an aromatic ring is 2. The zero-order valence-electron chi connectivity index (χ0n) is 27.7. The number of phosphoric acid groups is 2. The average molecular weight is 775 g/mol. The number of carbonyl (C=O) groups excluding carboxylic acids is 1. The van der Waals surface area contributed by atoms with Gasteiger partial charge in [0.25, 0.3) is 0 Å². The maximum absolute atomic E-state index is 16.4. The Morgan fingerprint density at radius 2 is 1.56 bits per heavy atom. The van der Waals surface area contributed by atoms with E-state index in [1.54, 1.807) is 20.8 Å². The number of alkyl halides is 2. The smallest absolute Gasteiger partial charge is 0.437 e.